The molecule has 1 aliphatic heterocycles. The first-order chi connectivity index (χ1) is 9.93. The zero-order valence-electron chi connectivity index (χ0n) is 12.3. The van der Waals surface area contributed by atoms with Gasteiger partial charge in [0.15, 0.2) is 0 Å². The summed E-state index contributed by atoms with van der Waals surface area (Å²) in [6.07, 6.45) is 5.95. The van der Waals surface area contributed by atoms with E-state index >= 15 is 0 Å². The fourth-order valence-corrected chi connectivity index (χ4v) is 2.32. The Morgan fingerprint density at radius 1 is 1.48 bits per heavy atom. The maximum absolute atomic E-state index is 12.3. The van der Waals surface area contributed by atoms with Gasteiger partial charge in [-0.3, -0.25) is 9.59 Å². The number of nitrogens with one attached hydrogen (secondary N) is 1. The molecule has 0 radical (unpaired) electrons. The first-order valence-corrected chi connectivity index (χ1v) is 6.92. The second-order valence-corrected chi connectivity index (χ2v) is 6.04. The fourth-order valence-electron chi connectivity index (χ4n) is 2.32. The highest BCUT2D eigenvalue weighted by molar-refractivity contribution is 5.99. The number of para-hydroxylation sites is 1. The van der Waals surface area contributed by atoms with Crippen molar-refractivity contribution in [3.8, 4) is 12.3 Å². The van der Waals surface area contributed by atoms with Crippen molar-refractivity contribution in [2.24, 2.45) is 5.41 Å². The summed E-state index contributed by atoms with van der Waals surface area (Å²) in [5, 5.41) is 2.76. The Morgan fingerprint density at radius 3 is 2.90 bits per heavy atom. The third-order valence-corrected chi connectivity index (χ3v) is 3.47. The molecule has 1 amide bonds. The number of rotatable bonds is 4. The largest absolute Gasteiger partial charge is 0.465 e. The summed E-state index contributed by atoms with van der Waals surface area (Å²) in [5.74, 6) is 1.49. The van der Waals surface area contributed by atoms with Crippen LogP contribution in [0.25, 0.3) is 0 Å². The monoisotopic (exact) mass is 285 g/mol. The molecule has 110 valence electrons. The zero-order valence-corrected chi connectivity index (χ0v) is 12.3. The average molecular weight is 285 g/mol. The van der Waals surface area contributed by atoms with Crippen LogP contribution in [0.3, 0.4) is 0 Å². The first kappa shape index (κ1) is 15.1. The number of amides is 1. The lowest BCUT2D eigenvalue weighted by Crippen LogP contribution is -2.30. The van der Waals surface area contributed by atoms with E-state index in [1.165, 1.54) is 0 Å². The van der Waals surface area contributed by atoms with E-state index in [9.17, 15) is 9.59 Å². The smallest absolute Gasteiger partial charge is 0.314 e. The minimum Gasteiger partial charge on any atom is -0.465 e. The van der Waals surface area contributed by atoms with Crippen LogP contribution in [0.4, 0.5) is 5.69 Å². The highest BCUT2D eigenvalue weighted by Crippen LogP contribution is 2.33. The number of carbonyl (C=O) groups is 2. The highest BCUT2D eigenvalue weighted by atomic mass is 16.5. The Morgan fingerprint density at radius 2 is 2.19 bits per heavy atom. The van der Waals surface area contributed by atoms with Gasteiger partial charge in [-0.15, -0.1) is 12.3 Å². The van der Waals surface area contributed by atoms with Gasteiger partial charge in [0.2, 0.25) is 5.91 Å². The van der Waals surface area contributed by atoms with Crippen molar-refractivity contribution in [2.75, 3.05) is 11.9 Å². The number of anilines is 1. The zero-order chi connectivity index (χ0) is 15.5. The molecule has 1 N–H and O–H groups in total. The van der Waals surface area contributed by atoms with Crippen LogP contribution in [-0.2, 0) is 14.3 Å². The number of carbonyl (C=O) groups excluding carboxylic acids is 2. The summed E-state index contributed by atoms with van der Waals surface area (Å²) in [6.45, 7) is 4.14. The Balaban J connectivity index is 2.10. The molecule has 0 aromatic heterocycles. The maximum Gasteiger partial charge on any atom is 0.314 e. The lowest BCUT2D eigenvalue weighted by atomic mass is 9.89. The summed E-state index contributed by atoms with van der Waals surface area (Å²) in [6, 6.07) is 7.30. The van der Waals surface area contributed by atoms with Crippen molar-refractivity contribution >= 4 is 17.6 Å². The summed E-state index contributed by atoms with van der Waals surface area (Å²) >= 11 is 0. The highest BCUT2D eigenvalue weighted by Gasteiger charge is 2.32. The van der Waals surface area contributed by atoms with Gasteiger partial charge in [0, 0.05) is 23.9 Å². The van der Waals surface area contributed by atoms with Crippen molar-refractivity contribution in [1.82, 2.24) is 0 Å². The van der Waals surface area contributed by atoms with Crippen molar-refractivity contribution in [1.29, 1.82) is 0 Å². The molecule has 4 nitrogen and oxygen atoms in total. The number of benzene rings is 1. The van der Waals surface area contributed by atoms with Gasteiger partial charge in [-0.25, -0.2) is 0 Å². The molecule has 0 saturated carbocycles. The van der Waals surface area contributed by atoms with E-state index in [0.29, 0.717) is 12.1 Å². The summed E-state index contributed by atoms with van der Waals surface area (Å²) in [7, 11) is 0. The van der Waals surface area contributed by atoms with Gasteiger partial charge in [0.25, 0.3) is 0 Å². The summed E-state index contributed by atoms with van der Waals surface area (Å²) in [4.78, 5) is 24.0. The molecule has 0 fully saturated rings. The van der Waals surface area contributed by atoms with E-state index < -0.39 is 5.92 Å². The van der Waals surface area contributed by atoms with Crippen molar-refractivity contribution in [2.45, 2.75) is 32.6 Å². The standard InChI is InChI=1S/C17H19NO3/c1-4-9-17(2,3)11-21-16(20)13-10-15(19)18-14-8-6-5-7-12(13)14/h1,5-8,13H,9-11H2,2-3H3,(H,18,19)/t13-/m1/s1. The van der Waals surface area contributed by atoms with Crippen molar-refractivity contribution < 1.29 is 14.3 Å². The number of hydrogen-bond donors (Lipinski definition) is 1. The SMILES string of the molecule is C#CCC(C)(C)COC(=O)[C@@H]1CC(=O)Nc2ccccc21. The summed E-state index contributed by atoms with van der Waals surface area (Å²) < 4.78 is 5.39. The lowest BCUT2D eigenvalue weighted by molar-refractivity contribution is -0.149. The minimum atomic E-state index is -0.545. The Hall–Kier alpha value is -2.28. The fraction of sp³-hybridized carbons (Fsp3) is 0.412. The molecule has 0 unspecified atom stereocenters. The van der Waals surface area contributed by atoms with E-state index in [1.807, 2.05) is 32.0 Å². The van der Waals surface area contributed by atoms with Gasteiger partial charge in [-0.2, -0.15) is 0 Å². The lowest BCUT2D eigenvalue weighted by Gasteiger charge is -2.26. The molecule has 21 heavy (non-hydrogen) atoms. The molecule has 1 aliphatic rings. The van der Waals surface area contributed by atoms with Crippen LogP contribution >= 0.6 is 0 Å². The Labute approximate surface area is 124 Å². The van der Waals surface area contributed by atoms with Gasteiger partial charge in [-0.05, 0) is 11.6 Å². The van der Waals surface area contributed by atoms with E-state index in [4.69, 9.17) is 11.2 Å². The molecule has 1 aromatic rings. The molecule has 0 spiro atoms. The van der Waals surface area contributed by atoms with Crippen LogP contribution in [0.5, 0.6) is 0 Å². The average Bonchev–Trinajstić information content (AvgIpc) is 2.44. The van der Waals surface area contributed by atoms with E-state index in [1.54, 1.807) is 6.07 Å². The second kappa shape index (κ2) is 6.01. The number of ether oxygens (including phenoxy) is 1. The molecule has 0 aliphatic carbocycles. The van der Waals surface area contributed by atoms with Crippen LogP contribution in [0, 0.1) is 17.8 Å². The predicted molar refractivity (Wildman–Crippen MR) is 80.6 cm³/mol. The molecule has 2 rings (SSSR count). The van der Waals surface area contributed by atoms with Crippen LogP contribution in [-0.4, -0.2) is 18.5 Å². The van der Waals surface area contributed by atoms with Gasteiger partial charge < -0.3 is 10.1 Å². The molecule has 1 aromatic carbocycles. The third kappa shape index (κ3) is 3.63. The predicted octanol–water partition coefficient (Wildman–Crippen LogP) is 2.71. The molecule has 0 saturated heterocycles. The molecular weight excluding hydrogens is 266 g/mol. The third-order valence-electron chi connectivity index (χ3n) is 3.47. The molecule has 4 heteroatoms. The van der Waals surface area contributed by atoms with Crippen LogP contribution in [0.2, 0.25) is 0 Å². The number of terminal acetylenes is 1. The van der Waals surface area contributed by atoms with Gasteiger partial charge in [-0.1, -0.05) is 32.0 Å². The topological polar surface area (TPSA) is 55.4 Å². The van der Waals surface area contributed by atoms with Gasteiger partial charge >= 0.3 is 5.97 Å². The quantitative estimate of drug-likeness (QED) is 0.683. The number of esters is 1. The minimum absolute atomic E-state index is 0.116. The maximum atomic E-state index is 12.3. The van der Waals surface area contributed by atoms with Crippen molar-refractivity contribution in [3.05, 3.63) is 29.8 Å². The molecular formula is C17H19NO3. The van der Waals surface area contributed by atoms with Gasteiger partial charge in [0.05, 0.1) is 12.5 Å². The molecule has 1 atom stereocenters. The van der Waals surface area contributed by atoms with E-state index in [-0.39, 0.29) is 30.3 Å². The van der Waals surface area contributed by atoms with Crippen LogP contribution < -0.4 is 5.32 Å². The second-order valence-electron chi connectivity index (χ2n) is 6.04. The van der Waals surface area contributed by atoms with Gasteiger partial charge in [0.1, 0.15) is 0 Å². The number of hydrogen-bond acceptors (Lipinski definition) is 3. The van der Waals surface area contributed by atoms with Crippen molar-refractivity contribution in [3.63, 3.8) is 0 Å². The summed E-state index contributed by atoms with van der Waals surface area (Å²) in [5.41, 5.74) is 1.22. The molecule has 0 bridgehead atoms. The molecule has 1 heterocycles. The Bertz CT molecular complexity index is 598. The van der Waals surface area contributed by atoms with Crippen LogP contribution in [0.1, 0.15) is 38.2 Å². The van der Waals surface area contributed by atoms with E-state index in [0.717, 1.165) is 5.56 Å². The van der Waals surface area contributed by atoms with E-state index in [2.05, 4.69) is 11.2 Å². The Kier molecular flexibility index (Phi) is 4.32. The first-order valence-electron chi connectivity index (χ1n) is 6.92. The normalized spacial score (nSPS) is 17.4. The number of fused-ring (bicyclic) bond motifs is 1. The van der Waals surface area contributed by atoms with Crippen LogP contribution in [0.15, 0.2) is 24.3 Å².